The lowest BCUT2D eigenvalue weighted by Crippen LogP contribution is -2.27. The van der Waals surface area contributed by atoms with Gasteiger partial charge in [-0.3, -0.25) is 4.79 Å². The third kappa shape index (κ3) is 8.14. The van der Waals surface area contributed by atoms with Crippen LogP contribution >= 0.6 is 11.6 Å². The fourth-order valence-corrected chi connectivity index (χ4v) is 4.23. The maximum Gasteiger partial charge on any atom is 0.225 e. The van der Waals surface area contributed by atoms with Crippen molar-refractivity contribution in [2.75, 3.05) is 31.1 Å². The van der Waals surface area contributed by atoms with Crippen LogP contribution in [0.2, 0.25) is 5.02 Å². The second-order valence-corrected chi connectivity index (χ2v) is 9.04. The number of carbonyl (C=O) groups excluding carboxylic acids is 1. The quantitative estimate of drug-likeness (QED) is 0.413. The third-order valence-corrected chi connectivity index (χ3v) is 6.16. The van der Waals surface area contributed by atoms with Gasteiger partial charge in [-0.05, 0) is 62.5 Å². The van der Waals surface area contributed by atoms with Crippen LogP contribution in [-0.4, -0.2) is 42.1 Å². The van der Waals surface area contributed by atoms with Crippen LogP contribution in [-0.2, 0) is 11.2 Å². The van der Waals surface area contributed by atoms with Crippen LogP contribution in [0.15, 0.2) is 30.6 Å². The van der Waals surface area contributed by atoms with Gasteiger partial charge >= 0.3 is 0 Å². The zero-order chi connectivity index (χ0) is 23.6. The summed E-state index contributed by atoms with van der Waals surface area (Å²) < 4.78 is 20.0. The molecule has 1 aliphatic rings. The van der Waals surface area contributed by atoms with Crippen LogP contribution in [0.5, 0.6) is 5.75 Å². The Hall–Kier alpha value is -2.41. The highest BCUT2D eigenvalue weighted by Crippen LogP contribution is 2.44. The van der Waals surface area contributed by atoms with E-state index in [0.29, 0.717) is 35.4 Å². The number of hydrogen-bond acceptors (Lipinski definition) is 5. The summed E-state index contributed by atoms with van der Waals surface area (Å²) in [6.45, 7) is 6.99. The van der Waals surface area contributed by atoms with E-state index in [0.717, 1.165) is 44.2 Å². The highest BCUT2D eigenvalue weighted by molar-refractivity contribution is 6.30. The Balaban J connectivity index is 1.34. The molecule has 0 bridgehead atoms. The fraction of sp³-hybridized carbons (Fsp3) is 0.560. The standard InChI is InChI=1S/C25H34ClFN4O2/c1-3-10-31(25-29-16-21(26)17-30-25)11-5-6-18-13-19(18)9-12-33-22-8-7-20(23(27)15-22)14-24(32)28-4-2/h7-8,15-19H,3-6,9-14H2,1-2H3,(H,28,32). The average molecular weight is 477 g/mol. The lowest BCUT2D eigenvalue weighted by molar-refractivity contribution is -0.120. The molecule has 0 spiro atoms. The number of aromatic nitrogens is 2. The molecule has 1 fully saturated rings. The number of nitrogens with one attached hydrogen (secondary N) is 1. The molecule has 2 unspecified atom stereocenters. The molecule has 0 aliphatic heterocycles. The smallest absolute Gasteiger partial charge is 0.225 e. The van der Waals surface area contributed by atoms with Crippen molar-refractivity contribution >= 4 is 23.5 Å². The zero-order valence-corrected chi connectivity index (χ0v) is 20.3. The van der Waals surface area contributed by atoms with Crippen molar-refractivity contribution < 1.29 is 13.9 Å². The van der Waals surface area contributed by atoms with Crippen LogP contribution in [0.25, 0.3) is 0 Å². The van der Waals surface area contributed by atoms with Gasteiger partial charge in [0.25, 0.3) is 0 Å². The summed E-state index contributed by atoms with van der Waals surface area (Å²) >= 11 is 5.90. The van der Waals surface area contributed by atoms with E-state index < -0.39 is 5.82 Å². The molecular formula is C25H34ClFN4O2. The lowest BCUT2D eigenvalue weighted by atomic mass is 10.1. The molecule has 1 N–H and O–H groups in total. The monoisotopic (exact) mass is 476 g/mol. The Bertz CT molecular complexity index is 896. The van der Waals surface area contributed by atoms with Gasteiger partial charge in [-0.25, -0.2) is 14.4 Å². The van der Waals surface area contributed by atoms with E-state index in [1.54, 1.807) is 24.5 Å². The minimum atomic E-state index is -0.399. The number of amides is 1. The first-order valence-corrected chi connectivity index (χ1v) is 12.3. The predicted molar refractivity (Wildman–Crippen MR) is 129 cm³/mol. The van der Waals surface area contributed by atoms with Crippen molar-refractivity contribution in [2.24, 2.45) is 11.8 Å². The van der Waals surface area contributed by atoms with Crippen LogP contribution in [0, 0.1) is 17.7 Å². The second-order valence-electron chi connectivity index (χ2n) is 8.61. The van der Waals surface area contributed by atoms with Crippen molar-refractivity contribution in [3.05, 3.63) is 47.0 Å². The minimum Gasteiger partial charge on any atom is -0.493 e. The maximum atomic E-state index is 14.2. The highest BCUT2D eigenvalue weighted by atomic mass is 35.5. The molecule has 1 aliphatic carbocycles. The van der Waals surface area contributed by atoms with Gasteiger partial charge in [0.1, 0.15) is 11.6 Å². The van der Waals surface area contributed by atoms with E-state index in [4.69, 9.17) is 16.3 Å². The normalized spacial score (nSPS) is 17.0. The van der Waals surface area contributed by atoms with Crippen LogP contribution in [0.4, 0.5) is 10.3 Å². The van der Waals surface area contributed by atoms with E-state index in [1.807, 2.05) is 6.92 Å². The first-order chi connectivity index (χ1) is 16.0. The van der Waals surface area contributed by atoms with E-state index in [2.05, 4.69) is 27.1 Å². The number of halogens is 2. The number of anilines is 1. The van der Waals surface area contributed by atoms with Gasteiger partial charge in [-0.1, -0.05) is 24.6 Å². The van der Waals surface area contributed by atoms with Gasteiger partial charge in [0.05, 0.1) is 30.4 Å². The number of hydrogen-bond donors (Lipinski definition) is 1. The average Bonchev–Trinajstić information content (AvgIpc) is 3.54. The van der Waals surface area contributed by atoms with E-state index in [-0.39, 0.29) is 12.3 Å². The van der Waals surface area contributed by atoms with E-state index in [1.165, 1.54) is 18.9 Å². The number of rotatable bonds is 14. The lowest BCUT2D eigenvalue weighted by Gasteiger charge is -2.21. The maximum absolute atomic E-state index is 14.2. The molecule has 1 saturated carbocycles. The summed E-state index contributed by atoms with van der Waals surface area (Å²) in [5.41, 5.74) is 0.386. The third-order valence-electron chi connectivity index (χ3n) is 5.96. The Morgan fingerprint density at radius 1 is 1.21 bits per heavy atom. The number of carbonyl (C=O) groups is 1. The fourth-order valence-electron chi connectivity index (χ4n) is 4.13. The SMILES string of the molecule is CCCN(CCCC1CC1CCOc1ccc(CC(=O)NCC)c(F)c1)c1ncc(Cl)cn1. The van der Waals surface area contributed by atoms with Crippen molar-refractivity contribution in [1.82, 2.24) is 15.3 Å². The first-order valence-electron chi connectivity index (χ1n) is 11.9. The Morgan fingerprint density at radius 3 is 2.67 bits per heavy atom. The molecule has 2 atom stereocenters. The summed E-state index contributed by atoms with van der Waals surface area (Å²) in [7, 11) is 0. The number of ether oxygens (including phenoxy) is 1. The van der Waals surface area contributed by atoms with Crippen LogP contribution in [0.1, 0.15) is 51.5 Å². The molecule has 0 radical (unpaired) electrons. The van der Waals surface area contributed by atoms with Gasteiger partial charge in [0, 0.05) is 25.7 Å². The summed E-state index contributed by atoms with van der Waals surface area (Å²) in [6, 6.07) is 4.75. The van der Waals surface area contributed by atoms with Gasteiger partial charge < -0.3 is 15.0 Å². The van der Waals surface area contributed by atoms with Gasteiger partial charge in [-0.15, -0.1) is 0 Å². The van der Waals surface area contributed by atoms with Crippen LogP contribution in [0.3, 0.4) is 0 Å². The molecule has 0 saturated heterocycles. The van der Waals surface area contributed by atoms with Gasteiger partial charge in [0.2, 0.25) is 11.9 Å². The van der Waals surface area contributed by atoms with Crippen molar-refractivity contribution in [3.63, 3.8) is 0 Å². The molecular weight excluding hydrogens is 443 g/mol. The summed E-state index contributed by atoms with van der Waals surface area (Å²) in [5, 5.41) is 3.23. The predicted octanol–water partition coefficient (Wildman–Crippen LogP) is 5.05. The molecule has 2 aromatic rings. The summed E-state index contributed by atoms with van der Waals surface area (Å²) in [6.07, 6.45) is 8.87. The zero-order valence-electron chi connectivity index (χ0n) is 19.5. The summed E-state index contributed by atoms with van der Waals surface area (Å²) in [5.74, 6) is 2.10. The summed E-state index contributed by atoms with van der Waals surface area (Å²) in [4.78, 5) is 22.6. The molecule has 33 heavy (non-hydrogen) atoms. The Kier molecular flexibility index (Phi) is 9.73. The van der Waals surface area contributed by atoms with Crippen molar-refractivity contribution in [3.8, 4) is 5.75 Å². The highest BCUT2D eigenvalue weighted by Gasteiger charge is 2.35. The number of likely N-dealkylation sites (N-methyl/N-ethyl adjacent to an activating group) is 1. The Labute approximate surface area is 200 Å². The van der Waals surface area contributed by atoms with Gasteiger partial charge in [0.15, 0.2) is 0 Å². The van der Waals surface area contributed by atoms with Crippen molar-refractivity contribution in [1.29, 1.82) is 0 Å². The molecule has 1 aromatic heterocycles. The number of benzene rings is 1. The van der Waals surface area contributed by atoms with Crippen molar-refractivity contribution in [2.45, 2.75) is 52.4 Å². The first kappa shape index (κ1) is 25.2. The molecule has 8 heteroatoms. The van der Waals surface area contributed by atoms with E-state index in [9.17, 15) is 9.18 Å². The number of nitrogens with zero attached hydrogens (tertiary/aromatic N) is 3. The molecule has 180 valence electrons. The molecule has 1 heterocycles. The van der Waals surface area contributed by atoms with Crippen LogP contribution < -0.4 is 15.0 Å². The molecule has 6 nitrogen and oxygen atoms in total. The molecule has 1 amide bonds. The Morgan fingerprint density at radius 2 is 1.97 bits per heavy atom. The second kappa shape index (κ2) is 12.7. The van der Waals surface area contributed by atoms with Gasteiger partial charge in [-0.2, -0.15) is 0 Å². The molecule has 3 rings (SSSR count). The van der Waals surface area contributed by atoms with E-state index >= 15 is 0 Å². The molecule has 1 aromatic carbocycles. The largest absolute Gasteiger partial charge is 0.493 e. The minimum absolute atomic E-state index is 0.0452. The topological polar surface area (TPSA) is 67.3 Å².